The summed E-state index contributed by atoms with van der Waals surface area (Å²) in [6, 6.07) is 2.20. The molecule has 0 aromatic carbocycles. The number of hydrogen-bond donors (Lipinski definition) is 1. The van der Waals surface area contributed by atoms with Crippen molar-refractivity contribution in [2.45, 2.75) is 57.9 Å². The van der Waals surface area contributed by atoms with Crippen LogP contribution < -0.4 is 5.73 Å². The van der Waals surface area contributed by atoms with Gasteiger partial charge in [0.25, 0.3) is 0 Å². The molecule has 2 nitrogen and oxygen atoms in total. The van der Waals surface area contributed by atoms with Gasteiger partial charge in [0.2, 0.25) is 0 Å². The zero-order chi connectivity index (χ0) is 9.23. The molecule has 0 saturated carbocycles. The predicted molar refractivity (Wildman–Crippen MR) is 51.6 cm³/mol. The van der Waals surface area contributed by atoms with Gasteiger partial charge < -0.3 is 5.73 Å². The van der Waals surface area contributed by atoms with E-state index in [1.807, 2.05) is 0 Å². The highest BCUT2D eigenvalue weighted by atomic mass is 14.6. The summed E-state index contributed by atoms with van der Waals surface area (Å²) in [6.45, 7) is 2.21. The van der Waals surface area contributed by atoms with Crippen LogP contribution in [0.2, 0.25) is 0 Å². The van der Waals surface area contributed by atoms with Gasteiger partial charge in [0.05, 0.1) is 12.5 Å². The molecular weight excluding hydrogens is 148 g/mol. The van der Waals surface area contributed by atoms with Crippen LogP contribution in [0.3, 0.4) is 0 Å². The number of nitriles is 1. The van der Waals surface area contributed by atoms with E-state index in [0.29, 0.717) is 6.42 Å². The van der Waals surface area contributed by atoms with Crippen LogP contribution in [0, 0.1) is 11.3 Å². The quantitative estimate of drug-likeness (QED) is 0.594. The Bertz CT molecular complexity index is 126. The average molecular weight is 168 g/mol. The Labute approximate surface area is 75.8 Å². The molecule has 0 bridgehead atoms. The third kappa shape index (κ3) is 7.56. The van der Waals surface area contributed by atoms with E-state index in [0.717, 1.165) is 6.42 Å². The van der Waals surface area contributed by atoms with Crippen molar-refractivity contribution in [1.82, 2.24) is 0 Å². The van der Waals surface area contributed by atoms with Gasteiger partial charge >= 0.3 is 0 Å². The van der Waals surface area contributed by atoms with Gasteiger partial charge in [0.15, 0.2) is 0 Å². The molecule has 70 valence electrons. The molecule has 1 unspecified atom stereocenters. The normalized spacial score (nSPS) is 12.4. The molecule has 0 amide bonds. The summed E-state index contributed by atoms with van der Waals surface area (Å²) >= 11 is 0. The van der Waals surface area contributed by atoms with Crippen molar-refractivity contribution in [3.05, 3.63) is 0 Å². The van der Waals surface area contributed by atoms with E-state index in [1.165, 1.54) is 32.1 Å². The molecule has 0 aliphatic rings. The van der Waals surface area contributed by atoms with Crippen LogP contribution in [0.15, 0.2) is 0 Å². The molecule has 1 atom stereocenters. The fourth-order valence-electron chi connectivity index (χ4n) is 1.23. The first kappa shape index (κ1) is 11.4. The fraction of sp³-hybridized carbons (Fsp3) is 0.900. The molecule has 2 N–H and O–H groups in total. The maximum absolute atomic E-state index is 8.35. The molecule has 0 aromatic rings. The number of nitrogens with two attached hydrogens (primary N) is 1. The second kappa shape index (κ2) is 8.55. The van der Waals surface area contributed by atoms with Crippen molar-refractivity contribution in [2.75, 3.05) is 0 Å². The van der Waals surface area contributed by atoms with Crippen molar-refractivity contribution in [3.63, 3.8) is 0 Å². The van der Waals surface area contributed by atoms with Crippen molar-refractivity contribution < 1.29 is 0 Å². The van der Waals surface area contributed by atoms with Gasteiger partial charge in [-0.05, 0) is 6.42 Å². The van der Waals surface area contributed by atoms with E-state index >= 15 is 0 Å². The minimum Gasteiger partial charge on any atom is -0.327 e. The van der Waals surface area contributed by atoms with Crippen molar-refractivity contribution in [2.24, 2.45) is 5.73 Å². The summed E-state index contributed by atoms with van der Waals surface area (Å²) in [5, 5.41) is 8.35. The van der Waals surface area contributed by atoms with Gasteiger partial charge in [-0.1, -0.05) is 39.0 Å². The molecule has 0 saturated heterocycles. The zero-order valence-electron chi connectivity index (χ0n) is 8.05. The fourth-order valence-corrected chi connectivity index (χ4v) is 1.23. The second-order valence-corrected chi connectivity index (χ2v) is 3.33. The summed E-state index contributed by atoms with van der Waals surface area (Å²) in [5.41, 5.74) is 5.68. The lowest BCUT2D eigenvalue weighted by Crippen LogP contribution is -2.18. The second-order valence-electron chi connectivity index (χ2n) is 3.33. The summed E-state index contributed by atoms with van der Waals surface area (Å²) in [5.74, 6) is 0. The highest BCUT2D eigenvalue weighted by Crippen LogP contribution is 2.07. The number of rotatable bonds is 7. The first-order chi connectivity index (χ1) is 5.81. The van der Waals surface area contributed by atoms with Crippen LogP contribution in [0.4, 0.5) is 0 Å². The van der Waals surface area contributed by atoms with Crippen LogP contribution in [-0.2, 0) is 0 Å². The van der Waals surface area contributed by atoms with Gasteiger partial charge in [-0.2, -0.15) is 5.26 Å². The average Bonchev–Trinajstić information content (AvgIpc) is 2.05. The summed E-state index contributed by atoms with van der Waals surface area (Å²) in [7, 11) is 0. The molecule has 0 fully saturated rings. The molecular formula is C10H20N2. The molecule has 12 heavy (non-hydrogen) atoms. The Balaban J connectivity index is 3.04. The smallest absolute Gasteiger partial charge is 0.0638 e. The molecule has 0 spiro atoms. The van der Waals surface area contributed by atoms with Gasteiger partial charge in [0, 0.05) is 6.04 Å². The lowest BCUT2D eigenvalue weighted by atomic mass is 10.1. The summed E-state index contributed by atoms with van der Waals surface area (Å²) in [6.07, 6.45) is 7.90. The van der Waals surface area contributed by atoms with Crippen molar-refractivity contribution >= 4 is 0 Å². The Morgan fingerprint density at radius 3 is 2.50 bits per heavy atom. The molecule has 0 aliphatic heterocycles. The standard InChI is InChI=1S/C10H20N2/c1-2-3-4-5-6-7-10(12)8-9-11/h10H,2-8,12H2,1H3. The van der Waals surface area contributed by atoms with Gasteiger partial charge in [-0.3, -0.25) is 0 Å². The van der Waals surface area contributed by atoms with Gasteiger partial charge in [0.1, 0.15) is 0 Å². The van der Waals surface area contributed by atoms with Crippen molar-refractivity contribution in [1.29, 1.82) is 5.26 Å². The third-order valence-corrected chi connectivity index (χ3v) is 2.03. The topological polar surface area (TPSA) is 49.8 Å². The van der Waals surface area contributed by atoms with Crippen LogP contribution in [0.25, 0.3) is 0 Å². The first-order valence-corrected chi connectivity index (χ1v) is 4.93. The summed E-state index contributed by atoms with van der Waals surface area (Å²) in [4.78, 5) is 0. The minimum absolute atomic E-state index is 0.108. The van der Waals surface area contributed by atoms with Gasteiger partial charge in [-0.25, -0.2) is 0 Å². The van der Waals surface area contributed by atoms with E-state index in [-0.39, 0.29) is 6.04 Å². The molecule has 2 heteroatoms. The van der Waals surface area contributed by atoms with Crippen LogP contribution in [0.5, 0.6) is 0 Å². The Kier molecular flexibility index (Phi) is 8.15. The van der Waals surface area contributed by atoms with Crippen LogP contribution >= 0.6 is 0 Å². The molecule has 0 aromatic heterocycles. The van der Waals surface area contributed by atoms with Crippen LogP contribution in [-0.4, -0.2) is 6.04 Å². The van der Waals surface area contributed by atoms with E-state index in [4.69, 9.17) is 11.0 Å². The third-order valence-electron chi connectivity index (χ3n) is 2.03. The monoisotopic (exact) mass is 168 g/mol. The Morgan fingerprint density at radius 1 is 1.25 bits per heavy atom. The van der Waals surface area contributed by atoms with Gasteiger partial charge in [-0.15, -0.1) is 0 Å². The van der Waals surface area contributed by atoms with E-state index < -0.39 is 0 Å². The number of hydrogen-bond acceptors (Lipinski definition) is 2. The van der Waals surface area contributed by atoms with Crippen LogP contribution in [0.1, 0.15) is 51.9 Å². The first-order valence-electron chi connectivity index (χ1n) is 4.93. The predicted octanol–water partition coefficient (Wildman–Crippen LogP) is 2.59. The molecule has 0 rings (SSSR count). The van der Waals surface area contributed by atoms with E-state index in [1.54, 1.807) is 0 Å². The van der Waals surface area contributed by atoms with E-state index in [9.17, 15) is 0 Å². The highest BCUT2D eigenvalue weighted by Gasteiger charge is 1.99. The SMILES string of the molecule is CCCCCCCC(N)CC#N. The lowest BCUT2D eigenvalue weighted by Gasteiger charge is -2.05. The summed E-state index contributed by atoms with van der Waals surface area (Å²) < 4.78 is 0. The minimum atomic E-state index is 0.108. The number of nitrogens with zero attached hydrogens (tertiary/aromatic N) is 1. The maximum Gasteiger partial charge on any atom is 0.0638 e. The lowest BCUT2D eigenvalue weighted by molar-refractivity contribution is 0.546. The Hall–Kier alpha value is -0.550. The molecule has 0 heterocycles. The highest BCUT2D eigenvalue weighted by molar-refractivity contribution is 4.77. The molecule has 0 radical (unpaired) electrons. The maximum atomic E-state index is 8.35. The Morgan fingerprint density at radius 2 is 1.92 bits per heavy atom. The zero-order valence-corrected chi connectivity index (χ0v) is 8.05. The van der Waals surface area contributed by atoms with E-state index in [2.05, 4.69) is 13.0 Å². The largest absolute Gasteiger partial charge is 0.327 e. The molecule has 0 aliphatic carbocycles. The number of unbranched alkanes of at least 4 members (excludes halogenated alkanes) is 4. The van der Waals surface area contributed by atoms with Crippen molar-refractivity contribution in [3.8, 4) is 6.07 Å².